The second kappa shape index (κ2) is 12.4. The molecule has 1 aliphatic rings. The summed E-state index contributed by atoms with van der Waals surface area (Å²) in [5.74, 6) is -0.148. The molecular formula is C28H31F3N4O2S. The average molecular weight is 545 g/mol. The van der Waals surface area contributed by atoms with E-state index in [2.05, 4.69) is 22.5 Å². The van der Waals surface area contributed by atoms with Crippen LogP contribution in [0.3, 0.4) is 0 Å². The normalized spacial score (nSPS) is 14.4. The van der Waals surface area contributed by atoms with Crippen LogP contribution in [0.5, 0.6) is 0 Å². The van der Waals surface area contributed by atoms with Crippen LogP contribution in [-0.2, 0) is 6.42 Å². The lowest BCUT2D eigenvalue weighted by molar-refractivity contribution is -0.127. The molecule has 1 saturated heterocycles. The summed E-state index contributed by atoms with van der Waals surface area (Å²) in [6.45, 7) is 4.08. The Balaban J connectivity index is 1.37. The summed E-state index contributed by atoms with van der Waals surface area (Å²) in [5.41, 5.74) is 2.47. The van der Waals surface area contributed by atoms with E-state index >= 15 is 0 Å². The number of aromatic nitrogens is 1. The van der Waals surface area contributed by atoms with E-state index in [1.54, 1.807) is 29.6 Å². The molecule has 2 N–H and O–H groups in total. The van der Waals surface area contributed by atoms with Gasteiger partial charge in [0.15, 0.2) is 0 Å². The Morgan fingerprint density at radius 3 is 2.47 bits per heavy atom. The summed E-state index contributed by atoms with van der Waals surface area (Å²) in [4.78, 5) is 31.7. The predicted octanol–water partition coefficient (Wildman–Crippen LogP) is 6.86. The first-order chi connectivity index (χ1) is 18.2. The van der Waals surface area contributed by atoms with Gasteiger partial charge in [-0.15, -0.1) is 11.3 Å². The number of carbonyl (C=O) groups excluding carboxylic acids is 2. The predicted molar refractivity (Wildman–Crippen MR) is 144 cm³/mol. The van der Waals surface area contributed by atoms with E-state index in [-0.39, 0.29) is 23.4 Å². The van der Waals surface area contributed by atoms with E-state index in [0.29, 0.717) is 42.1 Å². The molecule has 202 valence electrons. The fourth-order valence-corrected chi connectivity index (χ4v) is 5.43. The van der Waals surface area contributed by atoms with Gasteiger partial charge in [0, 0.05) is 42.2 Å². The summed E-state index contributed by atoms with van der Waals surface area (Å²) < 4.78 is 38.1. The Bertz CT molecular complexity index is 1240. The second-order valence-corrected chi connectivity index (χ2v) is 10.3. The van der Waals surface area contributed by atoms with E-state index in [0.717, 1.165) is 30.7 Å². The number of rotatable bonds is 8. The maximum Gasteiger partial charge on any atom is 0.393 e. The number of urea groups is 1. The molecule has 4 rings (SSSR count). The molecule has 0 saturated carbocycles. The van der Waals surface area contributed by atoms with Crippen molar-refractivity contribution >= 4 is 29.0 Å². The molecular weight excluding hydrogens is 513 g/mol. The van der Waals surface area contributed by atoms with Gasteiger partial charge in [-0.25, -0.2) is 9.78 Å². The van der Waals surface area contributed by atoms with Crippen LogP contribution >= 0.6 is 11.3 Å². The molecule has 3 aromatic rings. The first-order valence-corrected chi connectivity index (χ1v) is 13.7. The van der Waals surface area contributed by atoms with Crippen molar-refractivity contribution in [3.8, 4) is 11.1 Å². The molecule has 0 unspecified atom stereocenters. The topological polar surface area (TPSA) is 74.3 Å². The second-order valence-electron chi connectivity index (χ2n) is 9.41. The zero-order valence-corrected chi connectivity index (χ0v) is 22.0. The maximum absolute atomic E-state index is 13.0. The van der Waals surface area contributed by atoms with Crippen molar-refractivity contribution < 1.29 is 22.8 Å². The van der Waals surface area contributed by atoms with Crippen molar-refractivity contribution in [1.82, 2.24) is 15.2 Å². The molecule has 1 aliphatic heterocycles. The summed E-state index contributed by atoms with van der Waals surface area (Å²) in [7, 11) is 0. The Labute approximate surface area is 224 Å². The van der Waals surface area contributed by atoms with Crippen LogP contribution in [-0.4, -0.2) is 47.6 Å². The number of piperidine rings is 1. The van der Waals surface area contributed by atoms with Crippen LogP contribution in [0.2, 0.25) is 0 Å². The highest BCUT2D eigenvalue weighted by Gasteiger charge is 2.28. The quantitative estimate of drug-likeness (QED) is 0.305. The van der Waals surface area contributed by atoms with Gasteiger partial charge in [-0.05, 0) is 36.5 Å². The average Bonchev–Trinajstić information content (AvgIpc) is 3.40. The number of alkyl halides is 3. The molecule has 1 fully saturated rings. The largest absolute Gasteiger partial charge is 0.393 e. The molecule has 0 atom stereocenters. The van der Waals surface area contributed by atoms with Crippen molar-refractivity contribution in [3.63, 3.8) is 0 Å². The zero-order chi connectivity index (χ0) is 27.1. The standard InChI is InChI=1S/C28H31F3N4O2S/c1-2-3-14-32-27(37)35-15-12-21(13-16-35)26-34-24(18-38-26)25(36)33-23-7-5-4-6-22(23)20-10-8-19(9-11-20)17-28(29,30)31/h4-11,18,21H,2-3,12-17H2,1H3,(H,32,37)(H,33,36). The molecule has 3 amide bonds. The molecule has 0 spiro atoms. The van der Waals surface area contributed by atoms with Crippen LogP contribution in [0, 0.1) is 0 Å². The van der Waals surface area contributed by atoms with Gasteiger partial charge in [-0.2, -0.15) is 13.2 Å². The number of thiazole rings is 1. The summed E-state index contributed by atoms with van der Waals surface area (Å²) in [6, 6.07) is 13.3. The maximum atomic E-state index is 13.0. The van der Waals surface area contributed by atoms with E-state index in [1.165, 1.54) is 23.5 Å². The molecule has 2 heterocycles. The van der Waals surface area contributed by atoms with Crippen molar-refractivity contribution in [1.29, 1.82) is 0 Å². The molecule has 38 heavy (non-hydrogen) atoms. The number of para-hydroxylation sites is 1. The smallest absolute Gasteiger partial charge is 0.338 e. The number of nitrogens with one attached hydrogen (secondary N) is 2. The number of anilines is 1. The molecule has 0 radical (unpaired) electrons. The van der Waals surface area contributed by atoms with Crippen LogP contribution in [0.1, 0.15) is 59.6 Å². The Morgan fingerprint density at radius 1 is 1.08 bits per heavy atom. The van der Waals surface area contributed by atoms with Crippen molar-refractivity contribution in [3.05, 3.63) is 70.2 Å². The van der Waals surface area contributed by atoms with E-state index in [4.69, 9.17) is 0 Å². The van der Waals surface area contributed by atoms with Crippen LogP contribution < -0.4 is 10.6 Å². The molecule has 1 aromatic heterocycles. The Hall–Kier alpha value is -3.40. The number of hydrogen-bond acceptors (Lipinski definition) is 4. The first kappa shape index (κ1) is 27.6. The van der Waals surface area contributed by atoms with Crippen molar-refractivity contribution in [2.75, 3.05) is 25.0 Å². The van der Waals surface area contributed by atoms with E-state index in [1.807, 2.05) is 17.0 Å². The van der Waals surface area contributed by atoms with Crippen LogP contribution in [0.4, 0.5) is 23.7 Å². The minimum absolute atomic E-state index is 0.0234. The summed E-state index contributed by atoms with van der Waals surface area (Å²) >= 11 is 1.45. The van der Waals surface area contributed by atoms with Crippen LogP contribution in [0.25, 0.3) is 11.1 Å². The molecule has 0 bridgehead atoms. The number of unbranched alkanes of at least 4 members (excludes halogenated alkanes) is 1. The summed E-state index contributed by atoms with van der Waals surface area (Å²) in [5, 5.41) is 8.48. The minimum Gasteiger partial charge on any atom is -0.338 e. The van der Waals surface area contributed by atoms with Gasteiger partial charge < -0.3 is 15.5 Å². The third-order valence-electron chi connectivity index (χ3n) is 6.54. The molecule has 6 nitrogen and oxygen atoms in total. The highest BCUT2D eigenvalue weighted by molar-refractivity contribution is 7.10. The molecule has 2 aromatic carbocycles. The van der Waals surface area contributed by atoms with E-state index in [9.17, 15) is 22.8 Å². The van der Waals surface area contributed by atoms with Gasteiger partial charge >= 0.3 is 12.2 Å². The molecule has 0 aliphatic carbocycles. The van der Waals surface area contributed by atoms with Crippen LogP contribution in [0.15, 0.2) is 53.9 Å². The number of nitrogens with zero attached hydrogens (tertiary/aromatic N) is 2. The summed E-state index contributed by atoms with van der Waals surface area (Å²) in [6.07, 6.45) is -1.66. The number of likely N-dealkylation sites (tertiary alicyclic amines) is 1. The number of hydrogen-bond donors (Lipinski definition) is 2. The highest BCUT2D eigenvalue weighted by Crippen LogP contribution is 2.32. The Morgan fingerprint density at radius 2 is 1.79 bits per heavy atom. The lowest BCUT2D eigenvalue weighted by atomic mass is 9.98. The van der Waals surface area contributed by atoms with Gasteiger partial charge in [-0.3, -0.25) is 4.79 Å². The number of carbonyl (C=O) groups is 2. The highest BCUT2D eigenvalue weighted by atomic mass is 32.1. The SMILES string of the molecule is CCCCNC(=O)N1CCC(c2nc(C(=O)Nc3ccccc3-c3ccc(CC(F)(F)F)cc3)cs2)CC1. The lowest BCUT2D eigenvalue weighted by Crippen LogP contribution is -2.44. The third-order valence-corrected chi connectivity index (χ3v) is 7.54. The van der Waals surface area contributed by atoms with E-state index < -0.39 is 12.6 Å². The third kappa shape index (κ3) is 7.34. The lowest BCUT2D eigenvalue weighted by Gasteiger charge is -2.31. The Kier molecular flexibility index (Phi) is 9.04. The minimum atomic E-state index is -4.26. The van der Waals surface area contributed by atoms with Gasteiger partial charge in [0.05, 0.1) is 11.4 Å². The van der Waals surface area contributed by atoms with Gasteiger partial charge in [0.2, 0.25) is 0 Å². The van der Waals surface area contributed by atoms with Gasteiger partial charge in [-0.1, -0.05) is 55.8 Å². The first-order valence-electron chi connectivity index (χ1n) is 12.8. The monoisotopic (exact) mass is 544 g/mol. The number of benzene rings is 2. The zero-order valence-electron chi connectivity index (χ0n) is 21.2. The van der Waals surface area contributed by atoms with Crippen molar-refractivity contribution in [2.24, 2.45) is 0 Å². The van der Waals surface area contributed by atoms with Gasteiger partial charge in [0.1, 0.15) is 5.69 Å². The van der Waals surface area contributed by atoms with Crippen molar-refractivity contribution in [2.45, 2.75) is 51.1 Å². The number of halogens is 3. The fraction of sp³-hybridized carbons (Fsp3) is 0.393. The van der Waals surface area contributed by atoms with Gasteiger partial charge in [0.25, 0.3) is 5.91 Å². The molecule has 10 heteroatoms. The fourth-order valence-electron chi connectivity index (χ4n) is 4.46. The number of amides is 3.